The number of hydrogen-bond donors (Lipinski definition) is 0. The van der Waals surface area contributed by atoms with Crippen LogP contribution in [0.1, 0.15) is 21.5 Å². The summed E-state index contributed by atoms with van der Waals surface area (Å²) in [4.78, 5) is 19.2. The molecule has 2 aliphatic heterocycles. The Morgan fingerprint density at radius 1 is 0.844 bits per heavy atom. The van der Waals surface area contributed by atoms with Gasteiger partial charge in [-0.1, -0.05) is 36.4 Å². The maximum absolute atomic E-state index is 13.0. The van der Waals surface area contributed by atoms with E-state index in [4.69, 9.17) is 0 Å². The third kappa shape index (κ3) is 3.93. The second kappa shape index (κ2) is 8.13. The van der Waals surface area contributed by atoms with Crippen LogP contribution in [0, 0.1) is 0 Å². The van der Waals surface area contributed by atoms with Crippen molar-refractivity contribution in [1.29, 1.82) is 0 Å². The first-order chi connectivity index (χ1) is 15.4. The van der Waals surface area contributed by atoms with E-state index in [2.05, 4.69) is 11.0 Å². The molecular weight excluding hydrogens is 415 g/mol. The van der Waals surface area contributed by atoms with Crippen LogP contribution in [-0.4, -0.2) is 55.0 Å². The molecule has 32 heavy (non-hydrogen) atoms. The highest BCUT2D eigenvalue weighted by Crippen LogP contribution is 2.32. The van der Waals surface area contributed by atoms with E-state index in [-0.39, 0.29) is 5.91 Å². The van der Waals surface area contributed by atoms with Gasteiger partial charge in [0.25, 0.3) is 5.91 Å². The molecule has 3 aromatic rings. The molecule has 0 atom stereocenters. The highest BCUT2D eigenvalue weighted by molar-refractivity contribution is 6.09. The van der Waals surface area contributed by atoms with Crippen LogP contribution in [0.2, 0.25) is 0 Å². The summed E-state index contributed by atoms with van der Waals surface area (Å²) in [6.07, 6.45) is -4.33. The summed E-state index contributed by atoms with van der Waals surface area (Å²) < 4.78 is 39.0. The van der Waals surface area contributed by atoms with Crippen LogP contribution in [0.4, 0.5) is 18.9 Å². The minimum Gasteiger partial charge on any atom is -0.369 e. The second-order valence-corrected chi connectivity index (χ2v) is 8.42. The number of anilines is 1. The molecule has 0 aromatic heterocycles. The third-order valence-corrected chi connectivity index (χ3v) is 6.47. The van der Waals surface area contributed by atoms with Gasteiger partial charge in [-0.25, -0.2) is 0 Å². The Morgan fingerprint density at radius 3 is 2.31 bits per heavy atom. The first kappa shape index (κ1) is 20.8. The van der Waals surface area contributed by atoms with Crippen molar-refractivity contribution in [2.45, 2.75) is 12.7 Å². The molecule has 0 radical (unpaired) electrons. The number of hydrogen-bond acceptors (Lipinski definition) is 3. The molecule has 2 heterocycles. The first-order valence-electron chi connectivity index (χ1n) is 10.8. The Morgan fingerprint density at radius 2 is 1.56 bits per heavy atom. The van der Waals surface area contributed by atoms with Crippen molar-refractivity contribution in [1.82, 2.24) is 9.80 Å². The fourth-order valence-electron chi connectivity index (χ4n) is 4.73. The van der Waals surface area contributed by atoms with E-state index in [1.165, 1.54) is 17.7 Å². The quantitative estimate of drug-likeness (QED) is 0.593. The standard InChI is InChI=1S/C25H24F3N3O/c26-25(27,28)20-7-3-8-21(16-20)30-13-10-29(11-14-30)12-15-31-17-19-6-1-4-18-5-2-9-22(23(18)19)24(31)32/h1-9,16H,10-15,17H2. The molecule has 3 aromatic carbocycles. The zero-order chi connectivity index (χ0) is 22.3. The number of piperazine rings is 1. The summed E-state index contributed by atoms with van der Waals surface area (Å²) in [5.41, 5.74) is 1.93. The smallest absolute Gasteiger partial charge is 0.369 e. The molecule has 4 nitrogen and oxygen atoms in total. The van der Waals surface area contributed by atoms with Gasteiger partial charge in [0.15, 0.2) is 0 Å². The van der Waals surface area contributed by atoms with Gasteiger partial charge in [-0.05, 0) is 40.6 Å². The van der Waals surface area contributed by atoms with Crippen molar-refractivity contribution in [2.75, 3.05) is 44.2 Å². The number of carbonyl (C=O) groups is 1. The highest BCUT2D eigenvalue weighted by Gasteiger charge is 2.31. The summed E-state index contributed by atoms with van der Waals surface area (Å²) in [5.74, 6) is 0.0666. The van der Waals surface area contributed by atoms with Gasteiger partial charge < -0.3 is 9.80 Å². The van der Waals surface area contributed by atoms with Gasteiger partial charge in [0.1, 0.15) is 0 Å². The molecule has 0 spiro atoms. The van der Waals surface area contributed by atoms with Crippen molar-refractivity contribution in [3.63, 3.8) is 0 Å². The van der Waals surface area contributed by atoms with Crippen LogP contribution in [0.25, 0.3) is 10.8 Å². The van der Waals surface area contributed by atoms with Crippen LogP contribution in [0.3, 0.4) is 0 Å². The lowest BCUT2D eigenvalue weighted by molar-refractivity contribution is -0.137. The minimum atomic E-state index is -4.33. The summed E-state index contributed by atoms with van der Waals surface area (Å²) >= 11 is 0. The SMILES string of the molecule is O=C1c2cccc3cccc(c23)CN1CCN1CCN(c2cccc(C(F)(F)F)c2)CC1. The van der Waals surface area contributed by atoms with Crippen LogP contribution in [-0.2, 0) is 12.7 Å². The van der Waals surface area contributed by atoms with Crippen molar-refractivity contribution in [3.05, 3.63) is 77.4 Å². The average Bonchev–Trinajstić information content (AvgIpc) is 2.80. The van der Waals surface area contributed by atoms with E-state index in [1.807, 2.05) is 40.1 Å². The van der Waals surface area contributed by atoms with Crippen LogP contribution >= 0.6 is 0 Å². The molecule has 0 unspecified atom stereocenters. The molecule has 1 amide bonds. The number of carbonyl (C=O) groups excluding carboxylic acids is 1. The van der Waals surface area contributed by atoms with Gasteiger partial charge in [-0.2, -0.15) is 13.2 Å². The van der Waals surface area contributed by atoms with E-state index in [1.54, 1.807) is 6.07 Å². The largest absolute Gasteiger partial charge is 0.416 e. The van der Waals surface area contributed by atoms with Crippen molar-refractivity contribution in [3.8, 4) is 0 Å². The second-order valence-electron chi connectivity index (χ2n) is 8.42. The number of halogens is 3. The average molecular weight is 439 g/mol. The summed E-state index contributed by atoms with van der Waals surface area (Å²) in [7, 11) is 0. The topological polar surface area (TPSA) is 26.8 Å². The molecule has 7 heteroatoms. The lowest BCUT2D eigenvalue weighted by Gasteiger charge is -2.37. The van der Waals surface area contributed by atoms with Gasteiger partial charge in [-0.15, -0.1) is 0 Å². The molecule has 1 saturated heterocycles. The van der Waals surface area contributed by atoms with Crippen molar-refractivity contribution in [2.24, 2.45) is 0 Å². The monoisotopic (exact) mass is 439 g/mol. The predicted octanol–water partition coefficient (Wildman–Crippen LogP) is 4.64. The summed E-state index contributed by atoms with van der Waals surface area (Å²) in [5, 5.41) is 2.16. The fourth-order valence-corrected chi connectivity index (χ4v) is 4.73. The molecule has 0 bridgehead atoms. The fraction of sp³-hybridized carbons (Fsp3) is 0.320. The lowest BCUT2D eigenvalue weighted by Crippen LogP contribution is -2.49. The Balaban J connectivity index is 1.20. The van der Waals surface area contributed by atoms with Gasteiger partial charge >= 0.3 is 6.18 Å². The van der Waals surface area contributed by atoms with Gasteiger partial charge in [-0.3, -0.25) is 9.69 Å². The Labute approximate surface area is 184 Å². The molecule has 1 fully saturated rings. The van der Waals surface area contributed by atoms with Crippen LogP contribution in [0.15, 0.2) is 60.7 Å². The molecule has 2 aliphatic rings. The Hall–Kier alpha value is -3.06. The highest BCUT2D eigenvalue weighted by atomic mass is 19.4. The van der Waals surface area contributed by atoms with E-state index >= 15 is 0 Å². The summed E-state index contributed by atoms with van der Waals surface area (Å²) in [6, 6.07) is 17.5. The zero-order valence-corrected chi connectivity index (χ0v) is 17.6. The van der Waals surface area contributed by atoms with Gasteiger partial charge in [0.2, 0.25) is 0 Å². The molecule has 5 rings (SSSR count). The van der Waals surface area contributed by atoms with Crippen molar-refractivity contribution >= 4 is 22.4 Å². The number of rotatable bonds is 4. The number of nitrogens with zero attached hydrogens (tertiary/aromatic N) is 3. The number of alkyl halides is 3. The number of benzene rings is 3. The minimum absolute atomic E-state index is 0.0666. The van der Waals surface area contributed by atoms with Crippen LogP contribution < -0.4 is 4.90 Å². The van der Waals surface area contributed by atoms with E-state index in [0.717, 1.165) is 42.0 Å². The van der Waals surface area contributed by atoms with E-state index in [9.17, 15) is 18.0 Å². The summed E-state index contributed by atoms with van der Waals surface area (Å²) in [6.45, 7) is 4.83. The van der Waals surface area contributed by atoms with Gasteiger partial charge in [0, 0.05) is 57.1 Å². The Bertz CT molecular complexity index is 1150. The normalized spacial score (nSPS) is 17.3. The zero-order valence-electron chi connectivity index (χ0n) is 17.6. The van der Waals surface area contributed by atoms with Crippen molar-refractivity contribution < 1.29 is 18.0 Å². The molecule has 166 valence electrons. The van der Waals surface area contributed by atoms with Crippen LogP contribution in [0.5, 0.6) is 0 Å². The lowest BCUT2D eigenvalue weighted by atomic mass is 9.95. The Kier molecular flexibility index (Phi) is 5.29. The maximum atomic E-state index is 13.0. The van der Waals surface area contributed by atoms with E-state index in [0.29, 0.717) is 31.9 Å². The molecular formula is C25H24F3N3O. The molecule has 0 saturated carbocycles. The number of amides is 1. The maximum Gasteiger partial charge on any atom is 0.416 e. The first-order valence-corrected chi connectivity index (χ1v) is 10.8. The van der Waals surface area contributed by atoms with Gasteiger partial charge in [0.05, 0.1) is 5.56 Å². The third-order valence-electron chi connectivity index (χ3n) is 6.47. The molecule has 0 aliphatic carbocycles. The molecule has 0 N–H and O–H groups in total. The van der Waals surface area contributed by atoms with E-state index < -0.39 is 11.7 Å². The predicted molar refractivity (Wildman–Crippen MR) is 119 cm³/mol.